The van der Waals surface area contributed by atoms with Gasteiger partial charge in [0.15, 0.2) is 0 Å². The minimum atomic E-state index is -0.293. The number of carbonyl (C=O) groups is 2. The number of hydrogen-bond donors (Lipinski definition) is 1. The average molecular weight is 419 g/mol. The van der Waals surface area contributed by atoms with Crippen molar-refractivity contribution in [2.75, 3.05) is 47.8 Å². The van der Waals surface area contributed by atoms with Crippen LogP contribution < -0.4 is 15.1 Å². The Morgan fingerprint density at radius 1 is 1.16 bits per heavy atom. The van der Waals surface area contributed by atoms with Crippen molar-refractivity contribution in [3.05, 3.63) is 48.2 Å². The summed E-state index contributed by atoms with van der Waals surface area (Å²) in [5, 5.41) is 12.3. The molecule has 31 heavy (non-hydrogen) atoms. The maximum absolute atomic E-state index is 12.9. The van der Waals surface area contributed by atoms with Gasteiger partial charge in [0.1, 0.15) is 11.9 Å². The second kappa shape index (κ2) is 9.14. The maximum atomic E-state index is 12.9. The summed E-state index contributed by atoms with van der Waals surface area (Å²) in [6.07, 6.45) is 3.14. The first kappa shape index (κ1) is 20.8. The monoisotopic (exact) mass is 418 g/mol. The molecule has 0 bridgehead atoms. The summed E-state index contributed by atoms with van der Waals surface area (Å²) in [4.78, 5) is 35.2. The average Bonchev–Trinajstić information content (AvgIpc) is 3.24. The Morgan fingerprint density at radius 2 is 1.97 bits per heavy atom. The Balaban J connectivity index is 1.35. The van der Waals surface area contributed by atoms with Crippen LogP contribution in [0.5, 0.6) is 0 Å². The Bertz CT molecular complexity index is 1010. The Labute approximate surface area is 182 Å². The minimum Gasteiger partial charge on any atom is -0.353 e. The molecule has 160 valence electrons. The molecule has 2 fully saturated rings. The van der Waals surface area contributed by atoms with Crippen LogP contribution in [0.15, 0.2) is 42.6 Å². The molecule has 0 spiro atoms. The van der Waals surface area contributed by atoms with Gasteiger partial charge in [-0.2, -0.15) is 5.26 Å². The van der Waals surface area contributed by atoms with Crippen LogP contribution in [0, 0.1) is 11.3 Å². The van der Waals surface area contributed by atoms with E-state index in [1.165, 1.54) is 0 Å². The first-order chi connectivity index (χ1) is 15.1. The second-order valence-electron chi connectivity index (χ2n) is 7.87. The van der Waals surface area contributed by atoms with Crippen molar-refractivity contribution in [2.45, 2.75) is 25.8 Å². The highest BCUT2D eigenvalue weighted by Gasteiger charge is 2.27. The van der Waals surface area contributed by atoms with Crippen molar-refractivity contribution in [3.8, 4) is 6.07 Å². The number of benzene rings is 1. The molecule has 1 atom stereocenters. The fourth-order valence-electron chi connectivity index (χ4n) is 4.14. The van der Waals surface area contributed by atoms with Crippen LogP contribution in [0.3, 0.4) is 0 Å². The SMILES string of the molecule is CC(C(=O)Nc1cccc(N2CCCC2=O)c1)N1CCN(c2ncccc2C#N)CC1. The van der Waals surface area contributed by atoms with Crippen molar-refractivity contribution < 1.29 is 9.59 Å². The summed E-state index contributed by atoms with van der Waals surface area (Å²) in [5.41, 5.74) is 2.09. The van der Waals surface area contributed by atoms with Gasteiger partial charge in [-0.05, 0) is 43.7 Å². The molecular formula is C23H26N6O2. The lowest BCUT2D eigenvalue weighted by atomic mass is 10.2. The predicted octanol–water partition coefficient (Wildman–Crippen LogP) is 2.23. The Morgan fingerprint density at radius 3 is 2.68 bits per heavy atom. The topological polar surface area (TPSA) is 92.6 Å². The molecule has 2 aliphatic rings. The third-order valence-corrected chi connectivity index (χ3v) is 5.95. The maximum Gasteiger partial charge on any atom is 0.241 e. The molecule has 1 N–H and O–H groups in total. The van der Waals surface area contributed by atoms with Crippen molar-refractivity contribution >= 4 is 29.0 Å². The van der Waals surface area contributed by atoms with E-state index >= 15 is 0 Å². The highest BCUT2D eigenvalue weighted by molar-refractivity contribution is 5.98. The van der Waals surface area contributed by atoms with Gasteiger partial charge in [0.25, 0.3) is 0 Å². The van der Waals surface area contributed by atoms with Gasteiger partial charge in [0.2, 0.25) is 11.8 Å². The third-order valence-electron chi connectivity index (χ3n) is 5.95. The van der Waals surface area contributed by atoms with Gasteiger partial charge in [0.05, 0.1) is 11.6 Å². The lowest BCUT2D eigenvalue weighted by Gasteiger charge is -2.38. The zero-order valence-corrected chi connectivity index (χ0v) is 17.6. The molecule has 2 aliphatic heterocycles. The molecular weight excluding hydrogens is 392 g/mol. The van der Waals surface area contributed by atoms with Crippen molar-refractivity contribution in [3.63, 3.8) is 0 Å². The van der Waals surface area contributed by atoms with Gasteiger partial charge < -0.3 is 15.1 Å². The number of rotatable bonds is 5. The summed E-state index contributed by atoms with van der Waals surface area (Å²) < 4.78 is 0. The van der Waals surface area contributed by atoms with Crippen LogP contribution >= 0.6 is 0 Å². The van der Waals surface area contributed by atoms with Crippen LogP contribution in [-0.2, 0) is 9.59 Å². The number of hydrogen-bond acceptors (Lipinski definition) is 6. The molecule has 2 saturated heterocycles. The van der Waals surface area contributed by atoms with Gasteiger partial charge in [-0.15, -0.1) is 0 Å². The normalized spacial score (nSPS) is 18.0. The van der Waals surface area contributed by atoms with Crippen LogP contribution in [0.1, 0.15) is 25.3 Å². The number of nitrogens with zero attached hydrogens (tertiary/aromatic N) is 5. The van der Waals surface area contributed by atoms with Crippen LogP contribution in [0.4, 0.5) is 17.2 Å². The van der Waals surface area contributed by atoms with Gasteiger partial charge in [-0.3, -0.25) is 14.5 Å². The summed E-state index contributed by atoms with van der Waals surface area (Å²) in [6.45, 7) is 5.45. The summed E-state index contributed by atoms with van der Waals surface area (Å²) in [7, 11) is 0. The number of piperazine rings is 1. The molecule has 1 unspecified atom stereocenters. The van der Waals surface area contributed by atoms with Gasteiger partial charge in [-0.1, -0.05) is 6.07 Å². The molecule has 0 aliphatic carbocycles. The van der Waals surface area contributed by atoms with Gasteiger partial charge >= 0.3 is 0 Å². The van der Waals surface area contributed by atoms with E-state index < -0.39 is 0 Å². The lowest BCUT2D eigenvalue weighted by Crippen LogP contribution is -2.53. The Kier molecular flexibility index (Phi) is 6.14. The minimum absolute atomic E-state index is 0.0751. The molecule has 8 nitrogen and oxygen atoms in total. The zero-order valence-electron chi connectivity index (χ0n) is 17.6. The van der Waals surface area contributed by atoms with Gasteiger partial charge in [-0.25, -0.2) is 4.98 Å². The van der Waals surface area contributed by atoms with E-state index in [1.807, 2.05) is 31.2 Å². The smallest absolute Gasteiger partial charge is 0.241 e. The van der Waals surface area contributed by atoms with Crippen molar-refractivity contribution in [2.24, 2.45) is 0 Å². The molecule has 2 aromatic rings. The molecule has 2 amide bonds. The number of nitrogens with one attached hydrogen (secondary N) is 1. The quantitative estimate of drug-likeness (QED) is 0.801. The van der Waals surface area contributed by atoms with Gasteiger partial charge in [0, 0.05) is 56.7 Å². The van der Waals surface area contributed by atoms with E-state index in [-0.39, 0.29) is 17.9 Å². The van der Waals surface area contributed by atoms with E-state index in [1.54, 1.807) is 23.2 Å². The standard InChI is InChI=1S/C23H26N6O2/c1-17(27-11-13-28(14-12-27)22-18(16-24)5-3-9-25-22)23(31)26-19-6-2-7-20(15-19)29-10-4-8-21(29)30/h2-3,5-7,9,15,17H,4,8,10-14H2,1H3,(H,26,31). The fraction of sp³-hybridized carbons (Fsp3) is 0.391. The van der Waals surface area contributed by atoms with Crippen molar-refractivity contribution in [1.82, 2.24) is 9.88 Å². The lowest BCUT2D eigenvalue weighted by molar-refractivity contribution is -0.121. The van der Waals surface area contributed by atoms with Crippen LogP contribution in [0.25, 0.3) is 0 Å². The molecule has 8 heteroatoms. The van der Waals surface area contributed by atoms with Crippen LogP contribution in [-0.4, -0.2) is 60.5 Å². The number of amides is 2. The zero-order chi connectivity index (χ0) is 21.8. The number of carbonyl (C=O) groups excluding carboxylic acids is 2. The van der Waals surface area contributed by atoms with E-state index in [0.29, 0.717) is 49.7 Å². The highest BCUT2D eigenvalue weighted by Crippen LogP contribution is 2.25. The van der Waals surface area contributed by atoms with Crippen LogP contribution in [0.2, 0.25) is 0 Å². The van der Waals surface area contributed by atoms with Crippen molar-refractivity contribution in [1.29, 1.82) is 5.26 Å². The first-order valence-corrected chi connectivity index (χ1v) is 10.6. The highest BCUT2D eigenvalue weighted by atomic mass is 16.2. The van der Waals surface area contributed by atoms with E-state index in [4.69, 9.17) is 0 Å². The fourth-order valence-corrected chi connectivity index (χ4v) is 4.14. The predicted molar refractivity (Wildman–Crippen MR) is 119 cm³/mol. The number of nitriles is 1. The Hall–Kier alpha value is -3.44. The van der Waals surface area contributed by atoms with E-state index in [9.17, 15) is 14.9 Å². The van der Waals surface area contributed by atoms with E-state index in [2.05, 4.69) is 26.2 Å². The summed E-state index contributed by atoms with van der Waals surface area (Å²) in [5.74, 6) is 0.756. The van der Waals surface area contributed by atoms with E-state index in [0.717, 1.165) is 18.7 Å². The molecule has 0 saturated carbocycles. The number of aromatic nitrogens is 1. The largest absolute Gasteiger partial charge is 0.353 e. The summed E-state index contributed by atoms with van der Waals surface area (Å²) >= 11 is 0. The molecule has 3 heterocycles. The third kappa shape index (κ3) is 4.52. The molecule has 0 radical (unpaired) electrons. The molecule has 1 aromatic heterocycles. The number of pyridine rings is 1. The molecule has 4 rings (SSSR count). The summed E-state index contributed by atoms with van der Waals surface area (Å²) in [6, 6.07) is 12.9. The number of anilines is 3. The first-order valence-electron chi connectivity index (χ1n) is 10.6. The molecule has 1 aromatic carbocycles. The second-order valence-corrected chi connectivity index (χ2v) is 7.87.